The molecule has 0 unspecified atom stereocenters. The molecule has 0 aromatic carbocycles. The summed E-state index contributed by atoms with van der Waals surface area (Å²) in [6, 6.07) is 0. The molecule has 0 radical (unpaired) electrons. The average molecular weight is 212 g/mol. The molecule has 0 amide bonds. The molecule has 0 saturated carbocycles. The Morgan fingerprint density at radius 3 is 2.80 bits per heavy atom. The molecule has 0 aromatic heterocycles. The molecule has 1 heterocycles. The maximum Gasteiger partial charge on any atom is 0.163 e. The number of allylic oxidation sites excluding steroid dienone is 1. The van der Waals surface area contributed by atoms with Gasteiger partial charge in [0, 0.05) is 12.8 Å². The van der Waals surface area contributed by atoms with E-state index in [0.29, 0.717) is 12.8 Å². The second-order valence-corrected chi connectivity index (χ2v) is 4.55. The van der Waals surface area contributed by atoms with Crippen molar-refractivity contribution in [1.29, 1.82) is 0 Å². The van der Waals surface area contributed by atoms with Gasteiger partial charge >= 0.3 is 0 Å². The van der Waals surface area contributed by atoms with Gasteiger partial charge in [0.1, 0.15) is 0 Å². The molecule has 2 rings (SSSR count). The van der Waals surface area contributed by atoms with Crippen molar-refractivity contribution in [1.82, 2.24) is 0 Å². The minimum absolute atomic E-state index is 0.0231. The first-order valence-corrected chi connectivity index (χ1v) is 5.21. The van der Waals surface area contributed by atoms with Gasteiger partial charge in [-0.2, -0.15) is 0 Å². The first kappa shape index (κ1) is 10.8. The van der Waals surface area contributed by atoms with Crippen LogP contribution in [0.15, 0.2) is 12.2 Å². The highest BCUT2D eigenvalue weighted by Crippen LogP contribution is 2.33. The summed E-state index contributed by atoms with van der Waals surface area (Å²) in [5, 5.41) is 9.57. The second kappa shape index (κ2) is 3.70. The zero-order valence-corrected chi connectivity index (χ0v) is 8.97. The molecule has 0 aromatic rings. The van der Waals surface area contributed by atoms with E-state index in [4.69, 9.17) is 9.47 Å². The van der Waals surface area contributed by atoms with E-state index >= 15 is 0 Å². The van der Waals surface area contributed by atoms with Crippen LogP contribution in [0.5, 0.6) is 0 Å². The smallest absolute Gasteiger partial charge is 0.163 e. The van der Waals surface area contributed by atoms with E-state index in [1.165, 1.54) is 12.2 Å². The Kier molecular flexibility index (Phi) is 2.66. The molecule has 1 aliphatic carbocycles. The standard InChI is InChI=1S/C11H16O4/c1-11(2)14-9-5-7(12)3-4-8(13)6-10(9)15-11/h3-4,7,9-10,12H,5-6H2,1-2H3/b4-3-/t7-,9-,10+/m1/s1. The minimum atomic E-state index is -0.653. The van der Waals surface area contributed by atoms with Crippen molar-refractivity contribution in [2.45, 2.75) is 50.8 Å². The fourth-order valence-electron chi connectivity index (χ4n) is 2.08. The van der Waals surface area contributed by atoms with Crippen LogP contribution in [0, 0.1) is 0 Å². The monoisotopic (exact) mass is 212 g/mol. The van der Waals surface area contributed by atoms with Crippen molar-refractivity contribution in [3.8, 4) is 0 Å². The molecule has 2 aliphatic rings. The summed E-state index contributed by atoms with van der Waals surface area (Å²) in [5.41, 5.74) is 0. The van der Waals surface area contributed by atoms with Crippen LogP contribution in [0.3, 0.4) is 0 Å². The number of ketones is 1. The van der Waals surface area contributed by atoms with Gasteiger partial charge in [0.05, 0.1) is 18.3 Å². The van der Waals surface area contributed by atoms with Gasteiger partial charge in [-0.3, -0.25) is 4.79 Å². The van der Waals surface area contributed by atoms with Gasteiger partial charge in [0.25, 0.3) is 0 Å². The Morgan fingerprint density at radius 1 is 1.40 bits per heavy atom. The van der Waals surface area contributed by atoms with Crippen LogP contribution in [0.2, 0.25) is 0 Å². The highest BCUT2D eigenvalue weighted by molar-refractivity contribution is 5.90. The normalized spacial score (nSPS) is 41.8. The van der Waals surface area contributed by atoms with Crippen LogP contribution >= 0.6 is 0 Å². The Hall–Kier alpha value is -0.710. The van der Waals surface area contributed by atoms with Gasteiger partial charge in [-0.15, -0.1) is 0 Å². The van der Waals surface area contributed by atoms with Gasteiger partial charge in [0.15, 0.2) is 11.6 Å². The number of hydrogen-bond donors (Lipinski definition) is 1. The summed E-state index contributed by atoms with van der Waals surface area (Å²) in [7, 11) is 0. The zero-order valence-electron chi connectivity index (χ0n) is 8.97. The number of carbonyl (C=O) groups is 1. The van der Waals surface area contributed by atoms with Gasteiger partial charge in [-0.1, -0.05) is 6.08 Å². The van der Waals surface area contributed by atoms with Crippen molar-refractivity contribution in [2.24, 2.45) is 0 Å². The summed E-state index contributed by atoms with van der Waals surface area (Å²) in [6.45, 7) is 3.64. The lowest BCUT2D eigenvalue weighted by molar-refractivity contribution is -0.148. The van der Waals surface area contributed by atoms with Crippen LogP contribution in [-0.4, -0.2) is 35.0 Å². The van der Waals surface area contributed by atoms with E-state index in [1.807, 2.05) is 13.8 Å². The van der Waals surface area contributed by atoms with E-state index < -0.39 is 11.9 Å². The topological polar surface area (TPSA) is 55.8 Å². The number of carbonyl (C=O) groups excluding carboxylic acids is 1. The number of aliphatic hydroxyl groups is 1. The molecule has 4 nitrogen and oxygen atoms in total. The van der Waals surface area contributed by atoms with Crippen molar-refractivity contribution in [3.05, 3.63) is 12.2 Å². The lowest BCUT2D eigenvalue weighted by Gasteiger charge is -2.19. The highest BCUT2D eigenvalue weighted by atomic mass is 16.7. The summed E-state index contributed by atoms with van der Waals surface area (Å²) >= 11 is 0. The Balaban J connectivity index is 2.15. The average Bonchev–Trinajstić information content (AvgIpc) is 2.35. The quantitative estimate of drug-likeness (QED) is 0.645. The SMILES string of the molecule is CC1(C)O[C@H]2CC(=O)/C=C\[C@@H](O)C[C@H]2O1. The number of ether oxygens (including phenoxy) is 2. The van der Waals surface area contributed by atoms with Crippen molar-refractivity contribution in [3.63, 3.8) is 0 Å². The van der Waals surface area contributed by atoms with Gasteiger partial charge < -0.3 is 14.6 Å². The zero-order chi connectivity index (χ0) is 11.1. The van der Waals surface area contributed by atoms with E-state index in [2.05, 4.69) is 0 Å². The Morgan fingerprint density at radius 2 is 2.07 bits per heavy atom. The fraction of sp³-hybridized carbons (Fsp3) is 0.727. The number of aliphatic hydroxyl groups excluding tert-OH is 1. The number of fused-ring (bicyclic) bond motifs is 1. The highest BCUT2D eigenvalue weighted by Gasteiger charge is 2.42. The molecule has 1 aliphatic heterocycles. The molecule has 15 heavy (non-hydrogen) atoms. The first-order chi connectivity index (χ1) is 6.96. The van der Waals surface area contributed by atoms with Crippen LogP contribution in [-0.2, 0) is 14.3 Å². The van der Waals surface area contributed by atoms with Gasteiger partial charge in [0.2, 0.25) is 0 Å². The van der Waals surface area contributed by atoms with E-state index in [0.717, 1.165) is 0 Å². The molecule has 0 bridgehead atoms. The predicted molar refractivity (Wildman–Crippen MR) is 53.2 cm³/mol. The van der Waals surface area contributed by atoms with E-state index in [9.17, 15) is 9.90 Å². The predicted octanol–water partition coefficient (Wildman–Crippen LogP) is 0.786. The van der Waals surface area contributed by atoms with Crippen molar-refractivity contribution in [2.75, 3.05) is 0 Å². The van der Waals surface area contributed by atoms with E-state index in [-0.39, 0.29) is 18.0 Å². The second-order valence-electron chi connectivity index (χ2n) is 4.55. The molecule has 1 saturated heterocycles. The van der Waals surface area contributed by atoms with Crippen molar-refractivity contribution >= 4 is 5.78 Å². The van der Waals surface area contributed by atoms with Crippen molar-refractivity contribution < 1.29 is 19.4 Å². The summed E-state index contributed by atoms with van der Waals surface area (Å²) in [4.78, 5) is 11.4. The third-order valence-corrected chi connectivity index (χ3v) is 2.67. The Bertz CT molecular complexity index is 295. The summed E-state index contributed by atoms with van der Waals surface area (Å²) in [6.07, 6.45) is 2.72. The molecule has 1 N–H and O–H groups in total. The molecular formula is C11H16O4. The molecule has 0 spiro atoms. The third kappa shape index (κ3) is 2.45. The molecule has 4 heteroatoms. The van der Waals surface area contributed by atoms with Crippen LogP contribution in [0.1, 0.15) is 26.7 Å². The summed E-state index contributed by atoms with van der Waals surface area (Å²) in [5.74, 6) is -0.676. The lowest BCUT2D eigenvalue weighted by atomic mass is 9.98. The van der Waals surface area contributed by atoms with Gasteiger partial charge in [-0.25, -0.2) is 0 Å². The maximum absolute atomic E-state index is 11.4. The Labute approximate surface area is 88.9 Å². The fourth-order valence-corrected chi connectivity index (χ4v) is 2.08. The molecule has 3 atom stereocenters. The van der Waals surface area contributed by atoms with Crippen LogP contribution < -0.4 is 0 Å². The third-order valence-electron chi connectivity index (χ3n) is 2.67. The molecule has 1 fully saturated rings. The maximum atomic E-state index is 11.4. The summed E-state index contributed by atoms with van der Waals surface area (Å²) < 4.78 is 11.3. The van der Waals surface area contributed by atoms with E-state index in [1.54, 1.807) is 0 Å². The molecule has 84 valence electrons. The first-order valence-electron chi connectivity index (χ1n) is 5.21. The number of hydrogen-bond acceptors (Lipinski definition) is 4. The van der Waals surface area contributed by atoms with Gasteiger partial charge in [-0.05, 0) is 19.9 Å². The number of rotatable bonds is 0. The van der Waals surface area contributed by atoms with Crippen LogP contribution in [0.25, 0.3) is 0 Å². The molecular weight excluding hydrogens is 196 g/mol. The minimum Gasteiger partial charge on any atom is -0.389 e. The lowest BCUT2D eigenvalue weighted by Crippen LogP contribution is -2.30. The largest absolute Gasteiger partial charge is 0.389 e. The van der Waals surface area contributed by atoms with Crippen LogP contribution in [0.4, 0.5) is 0 Å².